The highest BCUT2D eigenvalue weighted by molar-refractivity contribution is 9.10. The van der Waals surface area contributed by atoms with Gasteiger partial charge < -0.3 is 5.32 Å². The molecule has 2 heterocycles. The van der Waals surface area contributed by atoms with E-state index in [9.17, 15) is 0 Å². The van der Waals surface area contributed by atoms with Crippen LogP contribution in [0.2, 0.25) is 5.28 Å². The number of hydrogen-bond acceptors (Lipinski definition) is 5. The first kappa shape index (κ1) is 11.3. The van der Waals surface area contributed by atoms with Crippen molar-refractivity contribution in [3.8, 4) is 5.95 Å². The molecule has 2 aromatic heterocycles. The van der Waals surface area contributed by atoms with E-state index in [1.54, 1.807) is 12.4 Å². The molecule has 2 rings (SSSR count). The van der Waals surface area contributed by atoms with Gasteiger partial charge in [-0.2, -0.15) is 20.1 Å². The topological polar surface area (TPSA) is 68.5 Å². The van der Waals surface area contributed by atoms with Gasteiger partial charge in [0, 0.05) is 12.7 Å². The monoisotopic (exact) mass is 302 g/mol. The summed E-state index contributed by atoms with van der Waals surface area (Å²) in [5.74, 6) is 0.811. The van der Waals surface area contributed by atoms with Gasteiger partial charge in [-0.15, -0.1) is 0 Å². The van der Waals surface area contributed by atoms with Gasteiger partial charge in [0.1, 0.15) is 0 Å². The van der Waals surface area contributed by atoms with Gasteiger partial charge >= 0.3 is 0 Å². The van der Waals surface area contributed by atoms with Gasteiger partial charge in [-0.1, -0.05) is 0 Å². The molecule has 6 nitrogen and oxygen atoms in total. The van der Waals surface area contributed by atoms with Gasteiger partial charge in [0.05, 0.1) is 10.7 Å². The lowest BCUT2D eigenvalue weighted by molar-refractivity contribution is 0.795. The molecule has 0 fully saturated rings. The fraction of sp³-hybridized carbons (Fsp3) is 0.250. The number of halogens is 2. The van der Waals surface area contributed by atoms with Crippen molar-refractivity contribution in [2.24, 2.45) is 0 Å². The molecule has 16 heavy (non-hydrogen) atoms. The normalized spacial score (nSPS) is 10.4. The third-order valence-corrected chi connectivity index (χ3v) is 2.27. The van der Waals surface area contributed by atoms with E-state index >= 15 is 0 Å². The maximum absolute atomic E-state index is 5.79. The molecular formula is C8H8BrClN6. The van der Waals surface area contributed by atoms with E-state index in [1.165, 1.54) is 4.68 Å². The van der Waals surface area contributed by atoms with Gasteiger partial charge in [-0.05, 0) is 34.5 Å². The smallest absolute Gasteiger partial charge is 0.256 e. The molecule has 0 radical (unpaired) electrons. The molecule has 0 saturated carbocycles. The number of hydrogen-bond donors (Lipinski definition) is 1. The summed E-state index contributed by atoms with van der Waals surface area (Å²) in [5.41, 5.74) is 0. The summed E-state index contributed by atoms with van der Waals surface area (Å²) < 4.78 is 2.35. The molecule has 0 atom stereocenters. The van der Waals surface area contributed by atoms with Crippen LogP contribution in [0.15, 0.2) is 16.9 Å². The van der Waals surface area contributed by atoms with Gasteiger partial charge in [0.15, 0.2) is 0 Å². The van der Waals surface area contributed by atoms with Gasteiger partial charge in [0.25, 0.3) is 5.95 Å². The van der Waals surface area contributed by atoms with E-state index in [0.29, 0.717) is 18.4 Å². The highest BCUT2D eigenvalue weighted by atomic mass is 79.9. The Morgan fingerprint density at radius 3 is 2.88 bits per heavy atom. The minimum atomic E-state index is 0.132. The van der Waals surface area contributed by atoms with Crippen LogP contribution in [0.4, 0.5) is 5.95 Å². The van der Waals surface area contributed by atoms with E-state index in [-0.39, 0.29) is 5.28 Å². The first-order valence-corrected chi connectivity index (χ1v) is 5.72. The number of nitrogens with zero attached hydrogens (tertiary/aromatic N) is 5. The van der Waals surface area contributed by atoms with Crippen molar-refractivity contribution >= 4 is 33.5 Å². The lowest BCUT2D eigenvalue weighted by Gasteiger charge is -2.04. The van der Waals surface area contributed by atoms with Gasteiger partial charge in [-0.25, -0.2) is 4.68 Å². The van der Waals surface area contributed by atoms with Gasteiger partial charge in [-0.3, -0.25) is 0 Å². The molecule has 2 aromatic rings. The first-order valence-electron chi connectivity index (χ1n) is 4.55. The first-order chi connectivity index (χ1) is 7.69. The van der Waals surface area contributed by atoms with Crippen LogP contribution in [-0.2, 0) is 0 Å². The third kappa shape index (κ3) is 2.48. The van der Waals surface area contributed by atoms with E-state index in [1.807, 2.05) is 6.92 Å². The minimum absolute atomic E-state index is 0.132. The number of nitrogens with one attached hydrogen (secondary N) is 1. The summed E-state index contributed by atoms with van der Waals surface area (Å²) in [5, 5.41) is 7.16. The van der Waals surface area contributed by atoms with Crippen LogP contribution < -0.4 is 5.32 Å². The molecule has 0 spiro atoms. The predicted octanol–water partition coefficient (Wildman–Crippen LogP) is 1.90. The summed E-state index contributed by atoms with van der Waals surface area (Å²) in [4.78, 5) is 12.1. The Bertz CT molecular complexity index is 499. The molecule has 0 bridgehead atoms. The van der Waals surface area contributed by atoms with Crippen molar-refractivity contribution in [1.29, 1.82) is 0 Å². The number of rotatable bonds is 3. The van der Waals surface area contributed by atoms with E-state index in [4.69, 9.17) is 11.6 Å². The summed E-state index contributed by atoms with van der Waals surface area (Å²) >= 11 is 9.08. The molecule has 0 aliphatic carbocycles. The Kier molecular flexibility index (Phi) is 3.35. The summed E-state index contributed by atoms with van der Waals surface area (Å²) in [7, 11) is 0. The fourth-order valence-corrected chi connectivity index (χ4v) is 1.53. The SMILES string of the molecule is CCNc1nc(Cl)nc(-n2cc(Br)cn2)n1. The lowest BCUT2D eigenvalue weighted by Crippen LogP contribution is -2.08. The van der Waals surface area contributed by atoms with Crippen molar-refractivity contribution in [2.45, 2.75) is 6.92 Å². The predicted molar refractivity (Wildman–Crippen MR) is 63.8 cm³/mol. The zero-order chi connectivity index (χ0) is 11.5. The Labute approximate surface area is 105 Å². The van der Waals surface area contributed by atoms with Crippen molar-refractivity contribution < 1.29 is 0 Å². The Morgan fingerprint density at radius 2 is 2.25 bits per heavy atom. The van der Waals surface area contributed by atoms with E-state index < -0.39 is 0 Å². The molecule has 0 aliphatic heterocycles. The van der Waals surface area contributed by atoms with Crippen LogP contribution in [0, 0.1) is 0 Å². The summed E-state index contributed by atoms with van der Waals surface area (Å²) in [6.07, 6.45) is 3.38. The fourth-order valence-electron chi connectivity index (χ4n) is 1.09. The highest BCUT2D eigenvalue weighted by Gasteiger charge is 2.07. The Balaban J connectivity index is 2.40. The van der Waals surface area contributed by atoms with Crippen molar-refractivity contribution in [3.05, 3.63) is 22.1 Å². The molecule has 0 aromatic carbocycles. The molecule has 0 amide bonds. The minimum Gasteiger partial charge on any atom is -0.354 e. The molecule has 1 N–H and O–H groups in total. The second kappa shape index (κ2) is 4.75. The second-order valence-electron chi connectivity index (χ2n) is 2.86. The standard InChI is InChI=1S/C8H8BrClN6/c1-2-11-7-13-6(10)14-8(15-7)16-4-5(9)3-12-16/h3-4H,2H2,1H3,(H,11,13,14,15). The molecular weight excluding hydrogens is 295 g/mol. The molecule has 0 aliphatic rings. The summed E-state index contributed by atoms with van der Waals surface area (Å²) in [6.45, 7) is 2.66. The largest absolute Gasteiger partial charge is 0.354 e. The van der Waals surface area contributed by atoms with Crippen LogP contribution in [0.1, 0.15) is 6.92 Å². The third-order valence-electron chi connectivity index (χ3n) is 1.69. The van der Waals surface area contributed by atoms with E-state index in [0.717, 1.165) is 4.47 Å². The quantitative estimate of drug-likeness (QED) is 0.938. The summed E-state index contributed by atoms with van der Waals surface area (Å²) in [6, 6.07) is 0. The van der Waals surface area contributed by atoms with Crippen LogP contribution in [0.5, 0.6) is 0 Å². The van der Waals surface area contributed by atoms with Crippen molar-refractivity contribution in [3.63, 3.8) is 0 Å². The van der Waals surface area contributed by atoms with E-state index in [2.05, 4.69) is 41.3 Å². The average Bonchev–Trinajstić information content (AvgIpc) is 2.64. The van der Waals surface area contributed by atoms with Crippen molar-refractivity contribution in [1.82, 2.24) is 24.7 Å². The Hall–Kier alpha value is -1.21. The highest BCUT2D eigenvalue weighted by Crippen LogP contribution is 2.12. The molecule has 0 unspecified atom stereocenters. The Morgan fingerprint density at radius 1 is 1.44 bits per heavy atom. The number of anilines is 1. The average molecular weight is 304 g/mol. The van der Waals surface area contributed by atoms with Crippen molar-refractivity contribution in [2.75, 3.05) is 11.9 Å². The van der Waals surface area contributed by atoms with Gasteiger partial charge in [0.2, 0.25) is 11.2 Å². The number of aromatic nitrogens is 5. The lowest BCUT2D eigenvalue weighted by atomic mass is 10.7. The van der Waals surface area contributed by atoms with Crippen LogP contribution >= 0.6 is 27.5 Å². The maximum atomic E-state index is 5.79. The molecule has 84 valence electrons. The van der Waals surface area contributed by atoms with Crippen LogP contribution in [0.3, 0.4) is 0 Å². The van der Waals surface area contributed by atoms with Crippen LogP contribution in [-0.4, -0.2) is 31.3 Å². The zero-order valence-electron chi connectivity index (χ0n) is 8.35. The second-order valence-corrected chi connectivity index (χ2v) is 4.12. The maximum Gasteiger partial charge on any atom is 0.256 e. The molecule has 0 saturated heterocycles. The van der Waals surface area contributed by atoms with Crippen LogP contribution in [0.25, 0.3) is 5.95 Å². The zero-order valence-corrected chi connectivity index (χ0v) is 10.7. The molecule has 8 heteroatoms.